The van der Waals surface area contributed by atoms with Crippen LogP contribution in [0, 0.1) is 5.92 Å². The fourth-order valence-electron chi connectivity index (χ4n) is 4.00. The molecule has 1 amide bonds. The zero-order valence-electron chi connectivity index (χ0n) is 14.0. The van der Waals surface area contributed by atoms with Crippen molar-refractivity contribution >= 4 is 6.09 Å². The molecule has 1 saturated carbocycles. The van der Waals surface area contributed by atoms with Gasteiger partial charge in [0.15, 0.2) is 0 Å². The summed E-state index contributed by atoms with van der Waals surface area (Å²) in [5.74, 6) is 0.628. The van der Waals surface area contributed by atoms with Gasteiger partial charge in [0, 0.05) is 25.2 Å². The van der Waals surface area contributed by atoms with Gasteiger partial charge in [-0.1, -0.05) is 50.1 Å². The Hall–Kier alpha value is -1.55. The number of nitrogens with zero attached hydrogens (tertiary/aromatic N) is 1. The van der Waals surface area contributed by atoms with Gasteiger partial charge in [-0.3, -0.25) is 4.90 Å². The Morgan fingerprint density at radius 3 is 2.70 bits per heavy atom. The molecular formula is C19H28N2O2. The molecule has 23 heavy (non-hydrogen) atoms. The quantitative estimate of drug-likeness (QED) is 0.923. The number of nitrogens with one attached hydrogen (secondary N) is 1. The normalized spacial score (nSPS) is 26.1. The zero-order chi connectivity index (χ0) is 16.1. The molecule has 1 N–H and O–H groups in total. The van der Waals surface area contributed by atoms with Gasteiger partial charge in [-0.05, 0) is 30.7 Å². The summed E-state index contributed by atoms with van der Waals surface area (Å²) in [6.07, 6.45) is 6.10. The Morgan fingerprint density at radius 2 is 1.96 bits per heavy atom. The van der Waals surface area contributed by atoms with Gasteiger partial charge < -0.3 is 10.1 Å². The Labute approximate surface area is 139 Å². The van der Waals surface area contributed by atoms with E-state index in [1.165, 1.54) is 32.2 Å². The lowest BCUT2D eigenvalue weighted by Crippen LogP contribution is -2.52. The number of carbonyl (C=O) groups is 1. The van der Waals surface area contributed by atoms with Crippen LogP contribution in [0.15, 0.2) is 30.3 Å². The minimum Gasteiger partial charge on any atom is -0.445 e. The molecular weight excluding hydrogens is 288 g/mol. The van der Waals surface area contributed by atoms with Crippen LogP contribution >= 0.6 is 0 Å². The molecule has 1 saturated heterocycles. The topological polar surface area (TPSA) is 41.6 Å². The summed E-state index contributed by atoms with van der Waals surface area (Å²) in [5.41, 5.74) is 1.02. The van der Waals surface area contributed by atoms with E-state index < -0.39 is 0 Å². The van der Waals surface area contributed by atoms with Crippen LogP contribution in [0.1, 0.15) is 44.6 Å². The fourth-order valence-corrected chi connectivity index (χ4v) is 4.00. The molecule has 2 fully saturated rings. The molecule has 1 aromatic rings. The Balaban J connectivity index is 1.47. The van der Waals surface area contributed by atoms with Crippen molar-refractivity contribution in [2.24, 2.45) is 5.92 Å². The van der Waals surface area contributed by atoms with Gasteiger partial charge in [-0.15, -0.1) is 0 Å². The molecule has 4 heteroatoms. The Bertz CT molecular complexity index is 499. The first-order valence-electron chi connectivity index (χ1n) is 8.92. The third kappa shape index (κ3) is 4.71. The maximum atomic E-state index is 12.1. The van der Waals surface area contributed by atoms with Crippen molar-refractivity contribution in [1.29, 1.82) is 0 Å². The zero-order valence-corrected chi connectivity index (χ0v) is 14.0. The second-order valence-corrected chi connectivity index (χ2v) is 7.14. The fraction of sp³-hybridized carbons (Fsp3) is 0.632. The smallest absolute Gasteiger partial charge is 0.407 e. The number of benzene rings is 1. The molecule has 2 unspecified atom stereocenters. The summed E-state index contributed by atoms with van der Waals surface area (Å²) in [6, 6.07) is 10.8. The highest BCUT2D eigenvalue weighted by Crippen LogP contribution is 2.27. The largest absolute Gasteiger partial charge is 0.445 e. The van der Waals surface area contributed by atoms with Crippen molar-refractivity contribution in [3.63, 3.8) is 0 Å². The number of carbonyl (C=O) groups excluding carboxylic acids is 1. The standard InChI is InChI=1S/C19H28N2O2/c1-15-11-17(13-21(12-15)18-9-5-6-10-18)20-19(22)23-14-16-7-3-2-4-8-16/h2-4,7-8,15,17-18H,5-6,9-14H2,1H3,(H,20,22). The molecule has 126 valence electrons. The number of alkyl carbamates (subject to hydrolysis) is 1. The molecule has 0 radical (unpaired) electrons. The first-order valence-corrected chi connectivity index (χ1v) is 8.92. The van der Waals surface area contributed by atoms with E-state index in [0.717, 1.165) is 24.6 Å². The van der Waals surface area contributed by atoms with E-state index in [0.29, 0.717) is 12.5 Å². The van der Waals surface area contributed by atoms with Crippen LogP contribution in [0.4, 0.5) is 4.79 Å². The maximum absolute atomic E-state index is 12.1. The third-order valence-corrected chi connectivity index (χ3v) is 5.06. The molecule has 0 spiro atoms. The lowest BCUT2D eigenvalue weighted by molar-refractivity contribution is 0.0922. The van der Waals surface area contributed by atoms with Gasteiger partial charge in [-0.2, -0.15) is 0 Å². The van der Waals surface area contributed by atoms with Gasteiger partial charge >= 0.3 is 6.09 Å². The van der Waals surface area contributed by atoms with Crippen molar-refractivity contribution in [1.82, 2.24) is 10.2 Å². The van der Waals surface area contributed by atoms with Crippen LogP contribution in [0.2, 0.25) is 0 Å². The second-order valence-electron chi connectivity index (χ2n) is 7.14. The van der Waals surface area contributed by atoms with E-state index in [1.807, 2.05) is 30.3 Å². The van der Waals surface area contributed by atoms with E-state index in [4.69, 9.17) is 4.74 Å². The van der Waals surface area contributed by atoms with E-state index >= 15 is 0 Å². The maximum Gasteiger partial charge on any atom is 0.407 e. The van der Waals surface area contributed by atoms with Crippen LogP contribution in [0.3, 0.4) is 0 Å². The number of rotatable bonds is 4. The molecule has 3 rings (SSSR count). The summed E-state index contributed by atoms with van der Waals surface area (Å²) in [7, 11) is 0. The summed E-state index contributed by atoms with van der Waals surface area (Å²) in [5, 5.41) is 3.07. The molecule has 1 aliphatic carbocycles. The molecule has 0 aromatic heterocycles. The monoisotopic (exact) mass is 316 g/mol. The molecule has 1 heterocycles. The first kappa shape index (κ1) is 16.3. The van der Waals surface area contributed by atoms with E-state index in [-0.39, 0.29) is 12.1 Å². The lowest BCUT2D eigenvalue weighted by atomic mass is 9.94. The summed E-state index contributed by atoms with van der Waals surface area (Å²) < 4.78 is 5.36. The molecule has 4 nitrogen and oxygen atoms in total. The molecule has 1 aliphatic heterocycles. The van der Waals surface area contributed by atoms with Crippen molar-refractivity contribution in [2.75, 3.05) is 13.1 Å². The summed E-state index contributed by atoms with van der Waals surface area (Å²) >= 11 is 0. The third-order valence-electron chi connectivity index (χ3n) is 5.06. The number of amides is 1. The summed E-state index contributed by atoms with van der Waals surface area (Å²) in [4.78, 5) is 14.7. The SMILES string of the molecule is CC1CC(NC(=O)OCc2ccccc2)CN(C2CCCC2)C1. The lowest BCUT2D eigenvalue weighted by Gasteiger charge is -2.40. The highest BCUT2D eigenvalue weighted by Gasteiger charge is 2.31. The van der Waals surface area contributed by atoms with Crippen molar-refractivity contribution in [2.45, 2.75) is 57.7 Å². The van der Waals surface area contributed by atoms with Crippen LogP contribution in [-0.2, 0) is 11.3 Å². The van der Waals surface area contributed by atoms with Gasteiger partial charge in [0.05, 0.1) is 0 Å². The van der Waals surface area contributed by atoms with Crippen LogP contribution < -0.4 is 5.32 Å². The van der Waals surface area contributed by atoms with Gasteiger partial charge in [0.1, 0.15) is 6.61 Å². The predicted octanol–water partition coefficient (Wildman–Crippen LogP) is 3.57. The minimum absolute atomic E-state index is 0.211. The second kappa shape index (κ2) is 7.82. The van der Waals surface area contributed by atoms with Crippen molar-refractivity contribution in [3.05, 3.63) is 35.9 Å². The van der Waals surface area contributed by atoms with E-state index in [1.54, 1.807) is 0 Å². The predicted molar refractivity (Wildman–Crippen MR) is 91.2 cm³/mol. The Kier molecular flexibility index (Phi) is 5.55. The molecule has 0 bridgehead atoms. The average molecular weight is 316 g/mol. The van der Waals surface area contributed by atoms with E-state index in [2.05, 4.69) is 17.1 Å². The molecule has 2 atom stereocenters. The van der Waals surface area contributed by atoms with Gasteiger partial charge in [-0.25, -0.2) is 4.79 Å². The number of hydrogen-bond donors (Lipinski definition) is 1. The van der Waals surface area contributed by atoms with Crippen molar-refractivity contribution < 1.29 is 9.53 Å². The van der Waals surface area contributed by atoms with E-state index in [9.17, 15) is 4.79 Å². The number of ether oxygens (including phenoxy) is 1. The number of hydrogen-bond acceptors (Lipinski definition) is 3. The highest BCUT2D eigenvalue weighted by atomic mass is 16.5. The van der Waals surface area contributed by atoms with Gasteiger partial charge in [0.25, 0.3) is 0 Å². The number of piperidine rings is 1. The summed E-state index contributed by atoms with van der Waals surface area (Å²) in [6.45, 7) is 4.75. The first-order chi connectivity index (χ1) is 11.2. The van der Waals surface area contributed by atoms with Crippen LogP contribution in [0.5, 0.6) is 0 Å². The Morgan fingerprint density at radius 1 is 1.22 bits per heavy atom. The van der Waals surface area contributed by atoms with Crippen LogP contribution in [0.25, 0.3) is 0 Å². The van der Waals surface area contributed by atoms with Crippen molar-refractivity contribution in [3.8, 4) is 0 Å². The molecule has 1 aromatic carbocycles. The minimum atomic E-state index is -0.292. The molecule has 2 aliphatic rings. The average Bonchev–Trinajstić information content (AvgIpc) is 3.08. The van der Waals surface area contributed by atoms with Crippen LogP contribution in [-0.4, -0.2) is 36.2 Å². The highest BCUT2D eigenvalue weighted by molar-refractivity contribution is 5.67. The number of likely N-dealkylation sites (tertiary alicyclic amines) is 1. The van der Waals surface area contributed by atoms with Gasteiger partial charge in [0.2, 0.25) is 0 Å².